The average Bonchev–Trinajstić information content (AvgIpc) is 2.79. The van der Waals surface area contributed by atoms with Gasteiger partial charge in [0.25, 0.3) is 0 Å². The van der Waals surface area contributed by atoms with E-state index in [0.29, 0.717) is 16.6 Å². The van der Waals surface area contributed by atoms with Gasteiger partial charge in [-0.3, -0.25) is 0 Å². The number of hydrogen-bond acceptors (Lipinski definition) is 4. The fourth-order valence-electron chi connectivity index (χ4n) is 3.33. The molecule has 0 spiro atoms. The Morgan fingerprint density at radius 3 is 2.03 bits per heavy atom. The van der Waals surface area contributed by atoms with Gasteiger partial charge >= 0.3 is 11.9 Å². The molecule has 0 aliphatic rings. The number of carbonyl (C=O) groups excluding carboxylic acids is 2. The van der Waals surface area contributed by atoms with E-state index in [1.54, 1.807) is 18.2 Å². The van der Waals surface area contributed by atoms with Gasteiger partial charge in [-0.2, -0.15) is 0 Å². The Bertz CT molecular complexity index is 869. The van der Waals surface area contributed by atoms with Gasteiger partial charge in [-0.15, -0.1) is 0 Å². The van der Waals surface area contributed by atoms with Crippen LogP contribution in [-0.2, 0) is 4.74 Å². The average molecular weight is 507 g/mol. The Labute approximate surface area is 198 Å². The van der Waals surface area contributed by atoms with Crippen LogP contribution < -0.4 is 4.74 Å². The highest BCUT2D eigenvalue weighted by Gasteiger charge is 2.15. The number of halogens is 2. The summed E-state index contributed by atoms with van der Waals surface area (Å²) >= 11 is 3.16. The fourth-order valence-corrected chi connectivity index (χ4v) is 3.76. The molecule has 2 aromatic carbocycles. The summed E-state index contributed by atoms with van der Waals surface area (Å²) in [5.41, 5.74) is 0.513. The molecule has 0 saturated carbocycles. The van der Waals surface area contributed by atoms with E-state index < -0.39 is 17.8 Å². The number of benzene rings is 2. The fraction of sp³-hybridized carbons (Fsp3) is 0.462. The van der Waals surface area contributed by atoms with E-state index in [4.69, 9.17) is 9.47 Å². The summed E-state index contributed by atoms with van der Waals surface area (Å²) in [4.78, 5) is 24.7. The highest BCUT2D eigenvalue weighted by Crippen LogP contribution is 2.26. The lowest BCUT2D eigenvalue weighted by atomic mass is 10.1. The smallest absolute Gasteiger partial charge is 0.343 e. The van der Waals surface area contributed by atoms with Crippen molar-refractivity contribution in [3.05, 3.63) is 63.9 Å². The van der Waals surface area contributed by atoms with Gasteiger partial charge < -0.3 is 9.47 Å². The van der Waals surface area contributed by atoms with Crippen LogP contribution >= 0.6 is 15.9 Å². The first-order chi connectivity index (χ1) is 15.5. The van der Waals surface area contributed by atoms with Gasteiger partial charge in [0, 0.05) is 0 Å². The van der Waals surface area contributed by atoms with E-state index in [1.807, 2.05) is 0 Å². The normalized spacial score (nSPS) is 10.7. The molecule has 2 rings (SSSR count). The van der Waals surface area contributed by atoms with Gasteiger partial charge in [0.1, 0.15) is 11.6 Å². The van der Waals surface area contributed by atoms with E-state index in [9.17, 15) is 14.0 Å². The summed E-state index contributed by atoms with van der Waals surface area (Å²) < 4.78 is 24.2. The standard InChI is InChI=1S/C26H32BrFO4/c1-2-3-4-5-6-7-8-9-10-11-17-31-25(29)20-13-12-14-21(18-20)26(30)32-24-16-15-22(28)19-23(24)27/h12-16,18-19H,2-11,17H2,1H3. The molecule has 0 radical (unpaired) electrons. The van der Waals surface area contributed by atoms with Crippen molar-refractivity contribution in [2.24, 2.45) is 0 Å². The molecule has 174 valence electrons. The second kappa shape index (κ2) is 14.8. The topological polar surface area (TPSA) is 52.6 Å². The highest BCUT2D eigenvalue weighted by atomic mass is 79.9. The molecular weight excluding hydrogens is 475 g/mol. The van der Waals surface area contributed by atoms with E-state index in [1.165, 1.54) is 69.2 Å². The summed E-state index contributed by atoms with van der Waals surface area (Å²) in [5.74, 6) is -1.34. The third kappa shape index (κ3) is 9.51. The lowest BCUT2D eigenvalue weighted by Gasteiger charge is -2.08. The van der Waals surface area contributed by atoms with E-state index >= 15 is 0 Å². The van der Waals surface area contributed by atoms with Gasteiger partial charge in [0.2, 0.25) is 0 Å². The molecule has 0 bridgehead atoms. The van der Waals surface area contributed by atoms with Crippen LogP contribution in [0.3, 0.4) is 0 Å². The number of carbonyl (C=O) groups is 2. The molecule has 6 heteroatoms. The minimum atomic E-state index is -0.637. The van der Waals surface area contributed by atoms with Crippen LogP contribution in [0.15, 0.2) is 46.9 Å². The van der Waals surface area contributed by atoms with Crippen LogP contribution in [0.25, 0.3) is 0 Å². The maximum Gasteiger partial charge on any atom is 0.343 e. The second-order valence-electron chi connectivity index (χ2n) is 7.86. The van der Waals surface area contributed by atoms with Crippen LogP contribution in [0.1, 0.15) is 91.8 Å². The molecular formula is C26H32BrFO4. The lowest BCUT2D eigenvalue weighted by Crippen LogP contribution is -2.12. The van der Waals surface area contributed by atoms with Crippen molar-refractivity contribution in [2.45, 2.75) is 71.1 Å². The van der Waals surface area contributed by atoms with E-state index in [-0.39, 0.29) is 11.3 Å². The number of esters is 2. The van der Waals surface area contributed by atoms with Gasteiger partial charge in [-0.25, -0.2) is 14.0 Å². The summed E-state index contributed by atoms with van der Waals surface area (Å²) in [5, 5.41) is 0. The summed E-state index contributed by atoms with van der Waals surface area (Å²) in [6, 6.07) is 9.99. The van der Waals surface area contributed by atoms with Crippen LogP contribution in [0.5, 0.6) is 5.75 Å². The maximum absolute atomic E-state index is 13.2. The molecule has 4 nitrogen and oxygen atoms in total. The van der Waals surface area contributed by atoms with Crippen molar-refractivity contribution in [1.82, 2.24) is 0 Å². The monoisotopic (exact) mass is 506 g/mol. The van der Waals surface area contributed by atoms with Crippen LogP contribution in [-0.4, -0.2) is 18.5 Å². The Kier molecular flexibility index (Phi) is 12.0. The van der Waals surface area contributed by atoms with Crippen molar-refractivity contribution in [2.75, 3.05) is 6.61 Å². The predicted molar refractivity (Wildman–Crippen MR) is 128 cm³/mol. The minimum absolute atomic E-state index is 0.199. The first-order valence-electron chi connectivity index (χ1n) is 11.5. The number of hydrogen-bond donors (Lipinski definition) is 0. The van der Waals surface area contributed by atoms with Crippen LogP contribution in [0, 0.1) is 5.82 Å². The molecule has 0 aromatic heterocycles. The van der Waals surface area contributed by atoms with Crippen molar-refractivity contribution < 1.29 is 23.5 Å². The molecule has 0 atom stereocenters. The zero-order chi connectivity index (χ0) is 23.2. The first kappa shape index (κ1) is 26.0. The molecule has 0 fully saturated rings. The second-order valence-corrected chi connectivity index (χ2v) is 8.72. The SMILES string of the molecule is CCCCCCCCCCCCOC(=O)c1cccc(C(=O)Oc2ccc(F)cc2Br)c1. The van der Waals surface area contributed by atoms with Crippen LogP contribution in [0.2, 0.25) is 0 Å². The summed E-state index contributed by atoms with van der Waals surface area (Å²) in [7, 11) is 0. The van der Waals surface area contributed by atoms with E-state index in [0.717, 1.165) is 19.3 Å². The zero-order valence-electron chi connectivity index (χ0n) is 18.7. The molecule has 0 saturated heterocycles. The maximum atomic E-state index is 13.2. The number of unbranched alkanes of at least 4 members (excludes halogenated alkanes) is 9. The molecule has 0 aliphatic carbocycles. The van der Waals surface area contributed by atoms with Gasteiger partial charge in [0.05, 0.1) is 22.2 Å². The molecule has 0 amide bonds. The van der Waals surface area contributed by atoms with Crippen molar-refractivity contribution in [1.29, 1.82) is 0 Å². The highest BCUT2D eigenvalue weighted by molar-refractivity contribution is 9.10. The van der Waals surface area contributed by atoms with E-state index in [2.05, 4.69) is 22.9 Å². The number of ether oxygens (including phenoxy) is 2. The largest absolute Gasteiger partial charge is 0.462 e. The predicted octanol–water partition coefficient (Wildman–Crippen LogP) is 7.89. The number of rotatable bonds is 14. The first-order valence-corrected chi connectivity index (χ1v) is 12.2. The molecule has 0 aliphatic heterocycles. The third-order valence-corrected chi connectivity index (χ3v) is 5.78. The van der Waals surface area contributed by atoms with Gasteiger partial charge in [-0.05, 0) is 58.7 Å². The van der Waals surface area contributed by atoms with Crippen LogP contribution in [0.4, 0.5) is 4.39 Å². The van der Waals surface area contributed by atoms with Crippen molar-refractivity contribution in [3.8, 4) is 5.75 Å². The molecule has 2 aromatic rings. The van der Waals surface area contributed by atoms with Gasteiger partial charge in [-0.1, -0.05) is 70.8 Å². The lowest BCUT2D eigenvalue weighted by molar-refractivity contribution is 0.0497. The Hall–Kier alpha value is -2.21. The summed E-state index contributed by atoms with van der Waals surface area (Å²) in [6.45, 7) is 2.60. The Balaban J connectivity index is 1.70. The molecule has 0 heterocycles. The molecule has 0 unspecified atom stereocenters. The van der Waals surface area contributed by atoms with Crippen molar-refractivity contribution >= 4 is 27.9 Å². The summed E-state index contributed by atoms with van der Waals surface area (Å²) in [6.07, 6.45) is 12.1. The van der Waals surface area contributed by atoms with Gasteiger partial charge in [0.15, 0.2) is 0 Å². The minimum Gasteiger partial charge on any atom is -0.462 e. The molecule has 32 heavy (non-hydrogen) atoms. The Morgan fingerprint density at radius 2 is 1.41 bits per heavy atom. The third-order valence-electron chi connectivity index (χ3n) is 5.16. The molecule has 0 N–H and O–H groups in total. The van der Waals surface area contributed by atoms with Crippen molar-refractivity contribution in [3.63, 3.8) is 0 Å². The zero-order valence-corrected chi connectivity index (χ0v) is 20.3. The Morgan fingerprint density at radius 1 is 0.812 bits per heavy atom. The quantitative estimate of drug-likeness (QED) is 0.148.